The molecule has 0 aliphatic rings. The molecule has 0 amide bonds. The van der Waals surface area contributed by atoms with Gasteiger partial charge in [-0.2, -0.15) is 0 Å². The fraction of sp³-hybridized carbons (Fsp3) is 0.923. The SMILES string of the molecule is CCCN(CC)CCCCCCCOC=O. The minimum absolute atomic E-state index is 0.532. The summed E-state index contributed by atoms with van der Waals surface area (Å²) in [6.45, 7) is 9.20. The lowest BCUT2D eigenvalue weighted by Gasteiger charge is -2.19. The fourth-order valence-electron chi connectivity index (χ4n) is 1.84. The Morgan fingerprint density at radius 1 is 1.00 bits per heavy atom. The summed E-state index contributed by atoms with van der Waals surface area (Å²) in [5.74, 6) is 0. The van der Waals surface area contributed by atoms with Gasteiger partial charge in [0.05, 0.1) is 6.61 Å². The van der Waals surface area contributed by atoms with Crippen LogP contribution in [0.15, 0.2) is 0 Å². The molecule has 3 nitrogen and oxygen atoms in total. The van der Waals surface area contributed by atoms with Crippen molar-refractivity contribution >= 4 is 6.47 Å². The first-order chi connectivity index (χ1) is 7.85. The Labute approximate surface area is 100 Å². The van der Waals surface area contributed by atoms with Gasteiger partial charge in [0.15, 0.2) is 0 Å². The van der Waals surface area contributed by atoms with Crippen LogP contribution in [0.25, 0.3) is 0 Å². The summed E-state index contributed by atoms with van der Waals surface area (Å²) in [5, 5.41) is 0. The van der Waals surface area contributed by atoms with Gasteiger partial charge in [-0.1, -0.05) is 33.1 Å². The Balaban J connectivity index is 3.15. The van der Waals surface area contributed by atoms with Gasteiger partial charge in [0.2, 0.25) is 0 Å². The zero-order valence-electron chi connectivity index (χ0n) is 10.9. The Bertz CT molecular complexity index is 151. The van der Waals surface area contributed by atoms with E-state index in [2.05, 4.69) is 23.5 Å². The van der Waals surface area contributed by atoms with Crippen LogP contribution in [0, 0.1) is 0 Å². The van der Waals surface area contributed by atoms with Gasteiger partial charge in [-0.05, 0) is 38.9 Å². The third kappa shape index (κ3) is 9.97. The van der Waals surface area contributed by atoms with Crippen molar-refractivity contribution in [3.05, 3.63) is 0 Å². The summed E-state index contributed by atoms with van der Waals surface area (Å²) in [6.07, 6.45) is 7.27. The normalized spacial score (nSPS) is 10.7. The summed E-state index contributed by atoms with van der Waals surface area (Å²) < 4.78 is 4.64. The molecule has 16 heavy (non-hydrogen) atoms. The smallest absolute Gasteiger partial charge is 0.293 e. The largest absolute Gasteiger partial charge is 0.468 e. The molecule has 0 saturated carbocycles. The zero-order valence-corrected chi connectivity index (χ0v) is 10.9. The third-order valence-corrected chi connectivity index (χ3v) is 2.79. The quantitative estimate of drug-likeness (QED) is 0.381. The molecule has 0 heterocycles. The van der Waals surface area contributed by atoms with Crippen LogP contribution in [-0.4, -0.2) is 37.6 Å². The molecule has 0 aromatic heterocycles. The van der Waals surface area contributed by atoms with Crippen molar-refractivity contribution in [2.75, 3.05) is 26.2 Å². The van der Waals surface area contributed by atoms with E-state index in [-0.39, 0.29) is 0 Å². The van der Waals surface area contributed by atoms with Gasteiger partial charge < -0.3 is 9.64 Å². The van der Waals surface area contributed by atoms with Gasteiger partial charge in [-0.15, -0.1) is 0 Å². The molecule has 0 N–H and O–H groups in total. The summed E-state index contributed by atoms with van der Waals surface area (Å²) in [4.78, 5) is 12.4. The maximum absolute atomic E-state index is 9.88. The zero-order chi connectivity index (χ0) is 12.1. The highest BCUT2D eigenvalue weighted by molar-refractivity contribution is 5.36. The summed E-state index contributed by atoms with van der Waals surface area (Å²) in [7, 11) is 0. The van der Waals surface area contributed by atoms with Crippen molar-refractivity contribution in [1.82, 2.24) is 4.90 Å². The Morgan fingerprint density at radius 2 is 1.69 bits per heavy atom. The van der Waals surface area contributed by atoms with Gasteiger partial charge >= 0.3 is 0 Å². The number of hydrogen-bond donors (Lipinski definition) is 0. The molecule has 96 valence electrons. The molecule has 0 rings (SSSR count). The molecule has 0 spiro atoms. The first-order valence-corrected chi connectivity index (χ1v) is 6.62. The molecule has 0 atom stereocenters. The molecule has 0 fully saturated rings. The lowest BCUT2D eigenvalue weighted by atomic mass is 10.1. The maximum Gasteiger partial charge on any atom is 0.293 e. The molecule has 0 aliphatic carbocycles. The number of rotatable bonds is 12. The van der Waals surface area contributed by atoms with Crippen LogP contribution in [0.5, 0.6) is 0 Å². The topological polar surface area (TPSA) is 29.5 Å². The monoisotopic (exact) mass is 229 g/mol. The van der Waals surface area contributed by atoms with Gasteiger partial charge in [0.25, 0.3) is 6.47 Å². The van der Waals surface area contributed by atoms with Gasteiger partial charge in [-0.3, -0.25) is 4.79 Å². The number of carbonyl (C=O) groups is 1. The van der Waals surface area contributed by atoms with Crippen LogP contribution in [-0.2, 0) is 9.53 Å². The van der Waals surface area contributed by atoms with Crippen molar-refractivity contribution in [2.24, 2.45) is 0 Å². The van der Waals surface area contributed by atoms with Crippen LogP contribution in [0.3, 0.4) is 0 Å². The van der Waals surface area contributed by atoms with Crippen molar-refractivity contribution in [3.63, 3.8) is 0 Å². The molecular formula is C13H27NO2. The van der Waals surface area contributed by atoms with Crippen LogP contribution in [0.4, 0.5) is 0 Å². The van der Waals surface area contributed by atoms with E-state index in [1.54, 1.807) is 0 Å². The molecule has 3 heteroatoms. The maximum atomic E-state index is 9.88. The fourth-order valence-corrected chi connectivity index (χ4v) is 1.84. The molecule has 0 unspecified atom stereocenters. The van der Waals surface area contributed by atoms with E-state index >= 15 is 0 Å². The van der Waals surface area contributed by atoms with E-state index in [0.29, 0.717) is 13.1 Å². The van der Waals surface area contributed by atoms with Crippen LogP contribution >= 0.6 is 0 Å². The minimum atomic E-state index is 0.532. The first kappa shape index (κ1) is 15.4. The molecule has 0 saturated heterocycles. The van der Waals surface area contributed by atoms with Crippen molar-refractivity contribution in [3.8, 4) is 0 Å². The molecule has 0 aromatic rings. The summed E-state index contributed by atoms with van der Waals surface area (Å²) >= 11 is 0. The molecule has 0 aliphatic heterocycles. The molecule has 0 aromatic carbocycles. The average Bonchev–Trinajstić information content (AvgIpc) is 2.31. The van der Waals surface area contributed by atoms with E-state index in [4.69, 9.17) is 0 Å². The number of ether oxygens (including phenoxy) is 1. The lowest BCUT2D eigenvalue weighted by molar-refractivity contribution is -0.128. The molecule has 0 bridgehead atoms. The highest BCUT2D eigenvalue weighted by atomic mass is 16.5. The minimum Gasteiger partial charge on any atom is -0.468 e. The average molecular weight is 229 g/mol. The summed E-state index contributed by atoms with van der Waals surface area (Å²) in [6, 6.07) is 0. The van der Waals surface area contributed by atoms with E-state index in [1.807, 2.05) is 0 Å². The van der Waals surface area contributed by atoms with Crippen LogP contribution in [0.2, 0.25) is 0 Å². The van der Waals surface area contributed by atoms with Gasteiger partial charge in [-0.25, -0.2) is 0 Å². The van der Waals surface area contributed by atoms with Gasteiger partial charge in [0, 0.05) is 0 Å². The Morgan fingerprint density at radius 3 is 2.31 bits per heavy atom. The number of unbranched alkanes of at least 4 members (excludes halogenated alkanes) is 4. The predicted molar refractivity (Wildman–Crippen MR) is 67.5 cm³/mol. The van der Waals surface area contributed by atoms with E-state index in [0.717, 1.165) is 6.42 Å². The molecular weight excluding hydrogens is 202 g/mol. The first-order valence-electron chi connectivity index (χ1n) is 6.62. The van der Waals surface area contributed by atoms with E-state index < -0.39 is 0 Å². The molecule has 0 radical (unpaired) electrons. The van der Waals surface area contributed by atoms with Crippen molar-refractivity contribution in [1.29, 1.82) is 0 Å². The van der Waals surface area contributed by atoms with Crippen molar-refractivity contribution < 1.29 is 9.53 Å². The van der Waals surface area contributed by atoms with Gasteiger partial charge in [0.1, 0.15) is 0 Å². The van der Waals surface area contributed by atoms with E-state index in [1.165, 1.54) is 51.7 Å². The predicted octanol–water partition coefficient (Wildman–Crippen LogP) is 2.84. The van der Waals surface area contributed by atoms with Crippen molar-refractivity contribution in [2.45, 2.75) is 52.4 Å². The number of hydrogen-bond acceptors (Lipinski definition) is 3. The Hall–Kier alpha value is -0.570. The number of nitrogens with zero attached hydrogens (tertiary/aromatic N) is 1. The van der Waals surface area contributed by atoms with Crippen LogP contribution < -0.4 is 0 Å². The lowest BCUT2D eigenvalue weighted by Crippen LogP contribution is -2.25. The Kier molecular flexibility index (Phi) is 12.1. The highest BCUT2D eigenvalue weighted by Crippen LogP contribution is 2.04. The standard InChI is InChI=1S/C13H27NO2/c1-3-10-14(4-2)11-8-6-5-7-9-12-16-13-15/h13H,3-12H2,1-2H3. The highest BCUT2D eigenvalue weighted by Gasteiger charge is 1.99. The second kappa shape index (κ2) is 12.5. The second-order valence-electron chi connectivity index (χ2n) is 4.17. The third-order valence-electron chi connectivity index (χ3n) is 2.79. The van der Waals surface area contributed by atoms with E-state index in [9.17, 15) is 4.79 Å². The van der Waals surface area contributed by atoms with Crippen LogP contribution in [0.1, 0.15) is 52.4 Å². The summed E-state index contributed by atoms with van der Waals surface area (Å²) in [5.41, 5.74) is 0. The number of carbonyl (C=O) groups excluding carboxylic acids is 1. The second-order valence-corrected chi connectivity index (χ2v) is 4.17.